The number of aryl methyl sites for hydroxylation is 1. The molecule has 0 aliphatic rings. The van der Waals surface area contributed by atoms with Crippen LogP contribution in [0.2, 0.25) is 0 Å². The van der Waals surface area contributed by atoms with Crippen LogP contribution in [0.3, 0.4) is 0 Å². The molecule has 0 aliphatic carbocycles. The van der Waals surface area contributed by atoms with E-state index in [-0.39, 0.29) is 11.2 Å². The Morgan fingerprint density at radius 3 is 2.64 bits per heavy atom. The van der Waals surface area contributed by atoms with Gasteiger partial charge in [-0.05, 0) is 25.5 Å². The lowest BCUT2D eigenvalue weighted by molar-refractivity contribution is -0.120. The van der Waals surface area contributed by atoms with Gasteiger partial charge in [0, 0.05) is 24.2 Å². The summed E-state index contributed by atoms with van der Waals surface area (Å²) in [6, 6.07) is 17.9. The highest BCUT2D eigenvalue weighted by Crippen LogP contribution is 2.23. The Labute approximate surface area is 169 Å². The van der Waals surface area contributed by atoms with E-state index in [0.29, 0.717) is 6.54 Å². The summed E-state index contributed by atoms with van der Waals surface area (Å²) >= 11 is 1.43. The number of imidazole rings is 1. The number of methoxy groups -OCH3 is 1. The normalized spacial score (nSPS) is 11.8. The number of hydrogen-bond acceptors (Lipinski definition) is 4. The van der Waals surface area contributed by atoms with Gasteiger partial charge >= 0.3 is 0 Å². The molecule has 0 bridgehead atoms. The molecular formula is C22H25N3O2S. The van der Waals surface area contributed by atoms with Gasteiger partial charge in [-0.25, -0.2) is 4.98 Å². The third kappa shape index (κ3) is 5.16. The zero-order valence-electron chi connectivity index (χ0n) is 16.4. The number of rotatable bonds is 8. The molecule has 2 aromatic carbocycles. The van der Waals surface area contributed by atoms with E-state index in [1.165, 1.54) is 17.3 Å². The second-order valence-corrected chi connectivity index (χ2v) is 7.90. The number of benzene rings is 2. The van der Waals surface area contributed by atoms with Crippen molar-refractivity contribution in [1.82, 2.24) is 15.3 Å². The number of hydrogen-bond donors (Lipinski definition) is 2. The third-order valence-corrected chi connectivity index (χ3v) is 5.47. The van der Waals surface area contributed by atoms with Crippen LogP contribution in [-0.4, -0.2) is 28.2 Å². The highest BCUT2D eigenvalue weighted by molar-refractivity contribution is 8.00. The van der Waals surface area contributed by atoms with E-state index in [1.54, 1.807) is 7.11 Å². The van der Waals surface area contributed by atoms with Gasteiger partial charge in [-0.2, -0.15) is 0 Å². The van der Waals surface area contributed by atoms with Crippen LogP contribution < -0.4 is 10.1 Å². The van der Waals surface area contributed by atoms with Gasteiger partial charge in [-0.1, -0.05) is 60.3 Å². The molecule has 1 atom stereocenters. The van der Waals surface area contributed by atoms with Gasteiger partial charge in [0.15, 0.2) is 5.16 Å². The second kappa shape index (κ2) is 9.46. The molecule has 2 N–H and O–H groups in total. The van der Waals surface area contributed by atoms with Crippen molar-refractivity contribution in [3.8, 4) is 5.75 Å². The van der Waals surface area contributed by atoms with E-state index < -0.39 is 0 Å². The molecule has 28 heavy (non-hydrogen) atoms. The number of ether oxygens (including phenoxy) is 1. The number of carbonyl (C=O) groups excluding carboxylic acids is 1. The molecule has 1 heterocycles. The molecule has 0 radical (unpaired) electrons. The minimum atomic E-state index is -0.259. The molecule has 0 saturated heterocycles. The van der Waals surface area contributed by atoms with Gasteiger partial charge in [-0.3, -0.25) is 4.79 Å². The van der Waals surface area contributed by atoms with Crippen LogP contribution in [0.5, 0.6) is 5.75 Å². The van der Waals surface area contributed by atoms with Crippen molar-refractivity contribution in [1.29, 1.82) is 0 Å². The van der Waals surface area contributed by atoms with Crippen molar-refractivity contribution in [3.05, 3.63) is 77.1 Å². The van der Waals surface area contributed by atoms with Crippen LogP contribution in [0.1, 0.15) is 29.4 Å². The summed E-state index contributed by atoms with van der Waals surface area (Å²) in [7, 11) is 1.63. The first kappa shape index (κ1) is 20.0. The fourth-order valence-electron chi connectivity index (χ4n) is 2.88. The van der Waals surface area contributed by atoms with Crippen LogP contribution >= 0.6 is 11.8 Å². The molecule has 1 unspecified atom stereocenters. The lowest BCUT2D eigenvalue weighted by Crippen LogP contribution is -2.30. The van der Waals surface area contributed by atoms with Crippen molar-refractivity contribution < 1.29 is 9.53 Å². The van der Waals surface area contributed by atoms with Gasteiger partial charge in [-0.15, -0.1) is 0 Å². The fraction of sp³-hybridized carbons (Fsp3) is 0.273. The van der Waals surface area contributed by atoms with Gasteiger partial charge in [0.05, 0.1) is 18.1 Å². The number of amides is 1. The average Bonchev–Trinajstić information content (AvgIpc) is 3.05. The predicted octanol–water partition coefficient (Wildman–Crippen LogP) is 4.11. The minimum Gasteiger partial charge on any atom is -0.496 e. The molecular weight excluding hydrogens is 370 g/mol. The van der Waals surface area contributed by atoms with Gasteiger partial charge in [0.1, 0.15) is 5.75 Å². The lowest BCUT2D eigenvalue weighted by Gasteiger charge is -2.12. The maximum Gasteiger partial charge on any atom is 0.233 e. The Kier molecular flexibility index (Phi) is 6.76. The zero-order chi connectivity index (χ0) is 19.9. The first-order valence-electron chi connectivity index (χ1n) is 9.22. The lowest BCUT2D eigenvalue weighted by atomic mass is 10.1. The molecule has 0 spiro atoms. The van der Waals surface area contributed by atoms with Crippen molar-refractivity contribution in [3.63, 3.8) is 0 Å². The van der Waals surface area contributed by atoms with Crippen LogP contribution in [-0.2, 0) is 17.8 Å². The number of para-hydroxylation sites is 1. The average molecular weight is 396 g/mol. The molecule has 1 aromatic heterocycles. The highest BCUT2D eigenvalue weighted by atomic mass is 32.2. The number of H-pyrrole nitrogens is 1. The van der Waals surface area contributed by atoms with Crippen molar-refractivity contribution in [2.75, 3.05) is 7.11 Å². The van der Waals surface area contributed by atoms with Crippen LogP contribution in [0.4, 0.5) is 0 Å². The van der Waals surface area contributed by atoms with Crippen molar-refractivity contribution in [2.24, 2.45) is 0 Å². The first-order valence-corrected chi connectivity index (χ1v) is 10.1. The first-order chi connectivity index (χ1) is 13.6. The number of carbonyl (C=O) groups is 1. The molecule has 0 fully saturated rings. The van der Waals surface area contributed by atoms with Gasteiger partial charge in [0.2, 0.25) is 5.91 Å². The summed E-state index contributed by atoms with van der Waals surface area (Å²) in [4.78, 5) is 20.5. The monoisotopic (exact) mass is 395 g/mol. The Hall–Kier alpha value is -2.73. The van der Waals surface area contributed by atoms with Crippen LogP contribution in [0.15, 0.2) is 59.8 Å². The number of nitrogens with zero attached hydrogens (tertiary/aromatic N) is 1. The molecule has 0 saturated carbocycles. The Bertz CT molecular complexity index is 925. The van der Waals surface area contributed by atoms with Gasteiger partial charge < -0.3 is 15.0 Å². The maximum absolute atomic E-state index is 12.5. The molecule has 1 amide bonds. The minimum absolute atomic E-state index is 0.0328. The maximum atomic E-state index is 12.5. The number of thioether (sulfide) groups is 1. The molecule has 146 valence electrons. The van der Waals surface area contributed by atoms with E-state index in [2.05, 4.69) is 27.4 Å². The van der Waals surface area contributed by atoms with E-state index in [4.69, 9.17) is 4.74 Å². The summed E-state index contributed by atoms with van der Waals surface area (Å²) in [6.45, 7) is 4.34. The molecule has 3 aromatic rings. The standard InChI is InChI=1S/C22H25N3O2S/c1-15-19(13-17-9-5-4-6-10-17)25-22(24-15)28-16(2)21(26)23-14-18-11-7-8-12-20(18)27-3/h4-12,16H,13-14H2,1-3H3,(H,23,26)(H,24,25). The predicted molar refractivity (Wildman–Crippen MR) is 113 cm³/mol. The van der Waals surface area contributed by atoms with E-state index in [0.717, 1.165) is 34.3 Å². The van der Waals surface area contributed by atoms with E-state index in [1.807, 2.05) is 56.3 Å². The topological polar surface area (TPSA) is 67.0 Å². The summed E-state index contributed by atoms with van der Waals surface area (Å²) < 4.78 is 5.33. The summed E-state index contributed by atoms with van der Waals surface area (Å²) in [6.07, 6.45) is 0.776. The fourth-order valence-corrected chi connectivity index (χ4v) is 3.78. The van der Waals surface area contributed by atoms with E-state index in [9.17, 15) is 4.79 Å². The number of aromatic amines is 1. The number of nitrogens with one attached hydrogen (secondary N) is 2. The summed E-state index contributed by atoms with van der Waals surface area (Å²) in [5.41, 5.74) is 4.22. The SMILES string of the molecule is COc1ccccc1CNC(=O)C(C)Sc1nc(Cc2ccccc2)c(C)[nH]1. The molecule has 5 nitrogen and oxygen atoms in total. The summed E-state index contributed by atoms with van der Waals surface area (Å²) in [5, 5.41) is 3.48. The smallest absolute Gasteiger partial charge is 0.233 e. The zero-order valence-corrected chi connectivity index (χ0v) is 17.2. The third-order valence-electron chi connectivity index (χ3n) is 4.48. The van der Waals surface area contributed by atoms with Gasteiger partial charge in [0.25, 0.3) is 0 Å². The summed E-state index contributed by atoms with van der Waals surface area (Å²) in [5.74, 6) is 0.741. The van der Waals surface area contributed by atoms with Crippen LogP contribution in [0.25, 0.3) is 0 Å². The Morgan fingerprint density at radius 2 is 1.89 bits per heavy atom. The second-order valence-electron chi connectivity index (χ2n) is 6.57. The largest absolute Gasteiger partial charge is 0.496 e. The molecule has 3 rings (SSSR count). The van der Waals surface area contributed by atoms with Crippen molar-refractivity contribution >= 4 is 17.7 Å². The highest BCUT2D eigenvalue weighted by Gasteiger charge is 2.18. The number of aromatic nitrogens is 2. The Morgan fingerprint density at radius 1 is 1.18 bits per heavy atom. The van der Waals surface area contributed by atoms with E-state index >= 15 is 0 Å². The van der Waals surface area contributed by atoms with Crippen LogP contribution in [0, 0.1) is 6.92 Å². The van der Waals surface area contributed by atoms with Crippen molar-refractivity contribution in [2.45, 2.75) is 37.2 Å². The Balaban J connectivity index is 1.57. The molecule has 0 aliphatic heterocycles. The molecule has 6 heteroatoms. The quantitative estimate of drug-likeness (QED) is 0.563.